The Balaban J connectivity index is 2.30. The van der Waals surface area contributed by atoms with Gasteiger partial charge in [0.1, 0.15) is 10.7 Å². The molecule has 2 unspecified atom stereocenters. The van der Waals surface area contributed by atoms with Gasteiger partial charge in [-0.25, -0.2) is 0 Å². The highest BCUT2D eigenvalue weighted by molar-refractivity contribution is 6.33. The lowest BCUT2D eigenvalue weighted by Gasteiger charge is -2.20. The molecule has 0 bridgehead atoms. The van der Waals surface area contributed by atoms with E-state index >= 15 is 0 Å². The summed E-state index contributed by atoms with van der Waals surface area (Å²) in [4.78, 5) is 12.7. The minimum atomic E-state index is -0.420. The highest BCUT2D eigenvalue weighted by Crippen LogP contribution is 2.37. The predicted molar refractivity (Wildman–Crippen MR) is 72.1 cm³/mol. The standard InChI is InChI=1S/C12H16ClN3O2/c1-8(14)9-5-6-15(7-9)11-4-2-3-10(13)12(11)16(17)18/h2-4,8-9H,5-7,14H2,1H3. The van der Waals surface area contributed by atoms with Crippen LogP contribution in [0.25, 0.3) is 0 Å². The first-order chi connectivity index (χ1) is 8.50. The van der Waals surface area contributed by atoms with Crippen LogP contribution in [0.1, 0.15) is 13.3 Å². The summed E-state index contributed by atoms with van der Waals surface area (Å²) in [6.45, 7) is 3.51. The number of nitro benzene ring substituents is 1. The number of rotatable bonds is 3. The molecule has 0 saturated carbocycles. The summed E-state index contributed by atoms with van der Waals surface area (Å²) in [6.07, 6.45) is 0.960. The summed E-state index contributed by atoms with van der Waals surface area (Å²) in [5, 5.41) is 11.3. The normalized spacial score (nSPS) is 21.1. The van der Waals surface area contributed by atoms with Crippen molar-refractivity contribution in [3.63, 3.8) is 0 Å². The van der Waals surface area contributed by atoms with Gasteiger partial charge in [-0.1, -0.05) is 17.7 Å². The van der Waals surface area contributed by atoms with Crippen molar-refractivity contribution >= 4 is 23.0 Å². The van der Waals surface area contributed by atoms with E-state index in [9.17, 15) is 10.1 Å². The topological polar surface area (TPSA) is 72.4 Å². The lowest BCUT2D eigenvalue weighted by atomic mass is 10.0. The molecule has 98 valence electrons. The summed E-state index contributed by atoms with van der Waals surface area (Å²) in [5.74, 6) is 0.378. The molecule has 2 rings (SSSR count). The molecule has 5 nitrogen and oxygen atoms in total. The van der Waals surface area contributed by atoms with Gasteiger partial charge in [0.15, 0.2) is 0 Å². The van der Waals surface area contributed by atoms with Gasteiger partial charge in [0.2, 0.25) is 0 Å². The minimum absolute atomic E-state index is 0.00973. The Hall–Kier alpha value is -1.33. The molecular formula is C12H16ClN3O2. The highest BCUT2D eigenvalue weighted by Gasteiger charge is 2.30. The number of nitrogens with two attached hydrogens (primary N) is 1. The van der Waals surface area contributed by atoms with Gasteiger partial charge < -0.3 is 10.6 Å². The number of benzene rings is 1. The summed E-state index contributed by atoms with van der Waals surface area (Å²) in [6, 6.07) is 5.13. The van der Waals surface area contributed by atoms with Crippen LogP contribution in [0.15, 0.2) is 18.2 Å². The summed E-state index contributed by atoms with van der Waals surface area (Å²) in [7, 11) is 0. The molecule has 1 saturated heterocycles. The van der Waals surface area contributed by atoms with Gasteiger partial charge in [-0.2, -0.15) is 0 Å². The average molecular weight is 270 g/mol. The lowest BCUT2D eigenvalue weighted by molar-refractivity contribution is -0.384. The van der Waals surface area contributed by atoms with Crippen molar-refractivity contribution in [1.82, 2.24) is 0 Å². The van der Waals surface area contributed by atoms with E-state index in [4.69, 9.17) is 17.3 Å². The van der Waals surface area contributed by atoms with Gasteiger partial charge in [-0.05, 0) is 31.4 Å². The Morgan fingerprint density at radius 1 is 1.61 bits per heavy atom. The monoisotopic (exact) mass is 269 g/mol. The number of halogens is 1. The number of nitro groups is 1. The van der Waals surface area contributed by atoms with E-state index < -0.39 is 4.92 Å². The van der Waals surface area contributed by atoms with E-state index in [2.05, 4.69) is 0 Å². The quantitative estimate of drug-likeness (QED) is 0.676. The third kappa shape index (κ3) is 2.42. The number of anilines is 1. The summed E-state index contributed by atoms with van der Waals surface area (Å²) >= 11 is 5.91. The van der Waals surface area contributed by atoms with Crippen LogP contribution in [0.3, 0.4) is 0 Å². The van der Waals surface area contributed by atoms with Crippen LogP contribution in [0.4, 0.5) is 11.4 Å². The van der Waals surface area contributed by atoms with Crippen LogP contribution in [0.5, 0.6) is 0 Å². The maximum atomic E-state index is 11.1. The Morgan fingerprint density at radius 3 is 2.89 bits per heavy atom. The first-order valence-corrected chi connectivity index (χ1v) is 6.32. The molecule has 0 aliphatic carbocycles. The van der Waals surface area contributed by atoms with Crippen molar-refractivity contribution in [2.75, 3.05) is 18.0 Å². The summed E-state index contributed by atoms with van der Waals surface area (Å²) in [5.41, 5.74) is 6.46. The lowest BCUT2D eigenvalue weighted by Crippen LogP contribution is -2.29. The van der Waals surface area contributed by atoms with Crippen molar-refractivity contribution in [3.05, 3.63) is 33.3 Å². The SMILES string of the molecule is CC(N)C1CCN(c2cccc(Cl)c2[N+](=O)[O-])C1. The zero-order chi connectivity index (χ0) is 13.3. The second-order valence-electron chi connectivity index (χ2n) is 4.72. The van der Waals surface area contributed by atoms with Crippen molar-refractivity contribution in [2.45, 2.75) is 19.4 Å². The molecule has 6 heteroatoms. The third-order valence-corrected chi connectivity index (χ3v) is 3.76. The molecule has 18 heavy (non-hydrogen) atoms. The Labute approximate surface area is 111 Å². The summed E-state index contributed by atoms with van der Waals surface area (Å²) < 4.78 is 0. The fraction of sp³-hybridized carbons (Fsp3) is 0.500. The van der Waals surface area contributed by atoms with Crippen LogP contribution in [0.2, 0.25) is 5.02 Å². The van der Waals surface area contributed by atoms with Crippen LogP contribution in [0, 0.1) is 16.0 Å². The van der Waals surface area contributed by atoms with Gasteiger partial charge >= 0.3 is 5.69 Å². The fourth-order valence-corrected chi connectivity index (χ4v) is 2.61. The van der Waals surface area contributed by atoms with Gasteiger partial charge in [-0.3, -0.25) is 10.1 Å². The number of hydrogen-bond acceptors (Lipinski definition) is 4. The number of hydrogen-bond donors (Lipinski definition) is 1. The minimum Gasteiger partial charge on any atom is -0.366 e. The largest absolute Gasteiger partial charge is 0.366 e. The molecule has 1 aliphatic heterocycles. The Morgan fingerprint density at radius 2 is 2.33 bits per heavy atom. The molecule has 1 fully saturated rings. The second-order valence-corrected chi connectivity index (χ2v) is 5.13. The smallest absolute Gasteiger partial charge is 0.310 e. The van der Waals surface area contributed by atoms with Crippen molar-refractivity contribution < 1.29 is 4.92 Å². The third-order valence-electron chi connectivity index (χ3n) is 3.46. The van der Waals surface area contributed by atoms with E-state index in [1.807, 2.05) is 11.8 Å². The van der Waals surface area contributed by atoms with Crippen molar-refractivity contribution in [2.24, 2.45) is 11.7 Å². The first kappa shape index (κ1) is 13.1. The first-order valence-electron chi connectivity index (χ1n) is 5.94. The van der Waals surface area contributed by atoms with Crippen molar-refractivity contribution in [3.8, 4) is 0 Å². The van der Waals surface area contributed by atoms with Gasteiger partial charge in [-0.15, -0.1) is 0 Å². The van der Waals surface area contributed by atoms with E-state index in [1.165, 1.54) is 0 Å². The zero-order valence-electron chi connectivity index (χ0n) is 10.2. The molecule has 2 atom stereocenters. The maximum absolute atomic E-state index is 11.1. The Kier molecular flexibility index (Phi) is 3.73. The zero-order valence-corrected chi connectivity index (χ0v) is 10.9. The second kappa shape index (κ2) is 5.12. The average Bonchev–Trinajstić information content (AvgIpc) is 2.77. The number of para-hydroxylation sites is 1. The molecule has 1 aromatic carbocycles. The van der Waals surface area contributed by atoms with Gasteiger partial charge in [0.05, 0.1) is 4.92 Å². The molecule has 1 aliphatic rings. The van der Waals surface area contributed by atoms with Crippen LogP contribution in [-0.2, 0) is 0 Å². The maximum Gasteiger partial charge on any atom is 0.310 e. The molecule has 0 amide bonds. The molecular weight excluding hydrogens is 254 g/mol. The van der Waals surface area contributed by atoms with Gasteiger partial charge in [0, 0.05) is 19.1 Å². The van der Waals surface area contributed by atoms with Crippen molar-refractivity contribution in [1.29, 1.82) is 0 Å². The molecule has 2 N–H and O–H groups in total. The molecule has 1 aromatic rings. The van der Waals surface area contributed by atoms with E-state index in [1.54, 1.807) is 18.2 Å². The van der Waals surface area contributed by atoms with E-state index in [0.29, 0.717) is 11.6 Å². The Bertz CT molecular complexity index is 465. The number of nitrogens with zero attached hydrogens (tertiary/aromatic N) is 2. The molecule has 0 spiro atoms. The fourth-order valence-electron chi connectivity index (χ4n) is 2.38. The van der Waals surface area contributed by atoms with Crippen LogP contribution < -0.4 is 10.6 Å². The molecule has 0 aromatic heterocycles. The van der Waals surface area contributed by atoms with Crippen LogP contribution in [-0.4, -0.2) is 24.1 Å². The highest BCUT2D eigenvalue weighted by atomic mass is 35.5. The predicted octanol–water partition coefficient (Wildman–Crippen LogP) is 2.42. The molecule has 1 heterocycles. The van der Waals surface area contributed by atoms with Crippen LogP contribution >= 0.6 is 11.6 Å². The van der Waals surface area contributed by atoms with E-state index in [0.717, 1.165) is 19.5 Å². The van der Waals surface area contributed by atoms with Gasteiger partial charge in [0.25, 0.3) is 0 Å². The molecule has 0 radical (unpaired) electrons. The van der Waals surface area contributed by atoms with E-state index in [-0.39, 0.29) is 16.8 Å².